The fraction of sp³-hybridized carbons (Fsp3) is 0.333. The van der Waals surface area contributed by atoms with Gasteiger partial charge >= 0.3 is 0 Å². The van der Waals surface area contributed by atoms with Crippen LogP contribution in [0, 0.1) is 0 Å². The van der Waals surface area contributed by atoms with E-state index in [9.17, 15) is 9.59 Å². The predicted octanol–water partition coefficient (Wildman–Crippen LogP) is 5.17. The van der Waals surface area contributed by atoms with Crippen LogP contribution in [0.4, 0.5) is 5.69 Å². The SMILES string of the molecule is COc1ccc(CC(=O)Nc2ccc(Cl)c(CN(C(=O)c3ccc4c(c3)OCO4)C3CCC(N)CC3)c2)cc1. The Morgan fingerprint density at radius 1 is 1.00 bits per heavy atom. The molecular weight excluding hydrogens is 518 g/mol. The first kappa shape index (κ1) is 26.8. The molecule has 3 aromatic carbocycles. The summed E-state index contributed by atoms with van der Waals surface area (Å²) in [7, 11) is 1.60. The van der Waals surface area contributed by atoms with E-state index < -0.39 is 0 Å². The molecule has 9 heteroatoms. The van der Waals surface area contributed by atoms with Crippen molar-refractivity contribution >= 4 is 29.1 Å². The monoisotopic (exact) mass is 549 g/mol. The van der Waals surface area contributed by atoms with Crippen LogP contribution in [0.25, 0.3) is 0 Å². The van der Waals surface area contributed by atoms with E-state index in [1.807, 2.05) is 35.2 Å². The van der Waals surface area contributed by atoms with Crippen LogP contribution < -0.4 is 25.3 Å². The van der Waals surface area contributed by atoms with Crippen molar-refractivity contribution in [2.24, 2.45) is 5.73 Å². The van der Waals surface area contributed by atoms with Crippen molar-refractivity contribution in [3.05, 3.63) is 82.4 Å². The molecule has 3 aromatic rings. The van der Waals surface area contributed by atoms with Crippen molar-refractivity contribution in [1.82, 2.24) is 4.90 Å². The topological polar surface area (TPSA) is 103 Å². The second-order valence-electron chi connectivity index (χ2n) is 9.95. The van der Waals surface area contributed by atoms with Gasteiger partial charge < -0.3 is 30.2 Å². The first-order valence-electron chi connectivity index (χ1n) is 13.1. The van der Waals surface area contributed by atoms with Gasteiger partial charge in [-0.05, 0) is 85.3 Å². The number of nitrogens with two attached hydrogens (primary N) is 1. The highest BCUT2D eigenvalue weighted by atomic mass is 35.5. The van der Waals surface area contributed by atoms with Gasteiger partial charge in [-0.3, -0.25) is 9.59 Å². The maximum atomic E-state index is 13.8. The lowest BCUT2D eigenvalue weighted by Gasteiger charge is -2.36. The highest BCUT2D eigenvalue weighted by molar-refractivity contribution is 6.31. The Kier molecular flexibility index (Phi) is 8.24. The molecule has 1 heterocycles. The number of halogens is 1. The zero-order chi connectivity index (χ0) is 27.4. The van der Waals surface area contributed by atoms with E-state index in [0.717, 1.165) is 42.6 Å². The summed E-state index contributed by atoms with van der Waals surface area (Å²) >= 11 is 6.61. The average Bonchev–Trinajstić information content (AvgIpc) is 3.42. The van der Waals surface area contributed by atoms with Crippen molar-refractivity contribution in [2.75, 3.05) is 19.2 Å². The van der Waals surface area contributed by atoms with Gasteiger partial charge in [-0.25, -0.2) is 0 Å². The molecule has 0 radical (unpaired) electrons. The number of rotatable bonds is 8. The van der Waals surface area contributed by atoms with E-state index >= 15 is 0 Å². The molecule has 3 N–H and O–H groups in total. The van der Waals surface area contributed by atoms with Crippen molar-refractivity contribution in [1.29, 1.82) is 0 Å². The maximum Gasteiger partial charge on any atom is 0.254 e. The number of nitrogens with zero attached hydrogens (tertiary/aromatic N) is 1. The minimum Gasteiger partial charge on any atom is -0.497 e. The lowest BCUT2D eigenvalue weighted by molar-refractivity contribution is -0.115. The van der Waals surface area contributed by atoms with E-state index in [2.05, 4.69) is 5.32 Å². The van der Waals surface area contributed by atoms with Crippen LogP contribution in [0.1, 0.15) is 47.2 Å². The third-order valence-corrected chi connectivity index (χ3v) is 7.63. The number of hydrogen-bond acceptors (Lipinski definition) is 6. The van der Waals surface area contributed by atoms with Crippen LogP contribution in [0.3, 0.4) is 0 Å². The van der Waals surface area contributed by atoms with Crippen LogP contribution in [-0.2, 0) is 17.8 Å². The number of nitrogens with one attached hydrogen (secondary N) is 1. The number of benzene rings is 3. The Bertz CT molecular complexity index is 1340. The van der Waals surface area contributed by atoms with E-state index in [-0.39, 0.29) is 37.1 Å². The van der Waals surface area contributed by atoms with Gasteiger partial charge in [-0.15, -0.1) is 0 Å². The van der Waals surface area contributed by atoms with E-state index in [4.69, 9.17) is 31.5 Å². The quantitative estimate of drug-likeness (QED) is 0.402. The Balaban J connectivity index is 1.34. The second-order valence-corrected chi connectivity index (χ2v) is 10.4. The van der Waals surface area contributed by atoms with Crippen LogP contribution in [0.2, 0.25) is 5.02 Å². The van der Waals surface area contributed by atoms with E-state index in [0.29, 0.717) is 34.3 Å². The Hall–Kier alpha value is -3.75. The molecule has 204 valence electrons. The summed E-state index contributed by atoms with van der Waals surface area (Å²) in [6, 6.07) is 18.1. The molecule has 0 bridgehead atoms. The molecule has 1 aliphatic heterocycles. The third kappa shape index (κ3) is 6.46. The zero-order valence-corrected chi connectivity index (χ0v) is 22.6. The minimum atomic E-state index is -0.150. The van der Waals surface area contributed by atoms with Gasteiger partial charge in [0.25, 0.3) is 5.91 Å². The summed E-state index contributed by atoms with van der Waals surface area (Å²) in [6.07, 6.45) is 3.55. The van der Waals surface area contributed by atoms with Crippen molar-refractivity contribution in [2.45, 2.75) is 50.7 Å². The average molecular weight is 550 g/mol. The third-order valence-electron chi connectivity index (χ3n) is 7.26. The number of carbonyl (C=O) groups excluding carboxylic acids is 2. The molecule has 0 spiro atoms. The van der Waals surface area contributed by atoms with Crippen molar-refractivity contribution in [3.63, 3.8) is 0 Å². The first-order valence-corrected chi connectivity index (χ1v) is 13.4. The summed E-state index contributed by atoms with van der Waals surface area (Å²) in [6.45, 7) is 0.442. The molecule has 39 heavy (non-hydrogen) atoms. The smallest absolute Gasteiger partial charge is 0.254 e. The standard InChI is InChI=1S/C30H32ClN3O5/c1-37-25-10-2-19(3-11-25)14-29(35)33-23-7-12-26(31)21(15-23)17-34(24-8-5-22(32)6-9-24)30(36)20-4-13-27-28(16-20)39-18-38-27/h2-4,7,10-13,15-16,22,24H,5-6,8-9,14,17-18,32H2,1H3,(H,33,35). The maximum absolute atomic E-state index is 13.8. The Labute approximate surface area is 233 Å². The van der Waals surface area contributed by atoms with Gasteiger partial charge in [0.15, 0.2) is 11.5 Å². The van der Waals surface area contributed by atoms with Gasteiger partial charge in [0.2, 0.25) is 12.7 Å². The van der Waals surface area contributed by atoms with E-state index in [1.165, 1.54) is 0 Å². The number of ether oxygens (including phenoxy) is 3. The molecule has 2 aliphatic rings. The second kappa shape index (κ2) is 12.0. The van der Waals surface area contributed by atoms with Crippen LogP contribution in [0.5, 0.6) is 17.2 Å². The summed E-state index contributed by atoms with van der Waals surface area (Å²) < 4.78 is 16.1. The highest BCUT2D eigenvalue weighted by Gasteiger charge is 2.30. The van der Waals surface area contributed by atoms with Crippen LogP contribution in [-0.4, -0.2) is 42.7 Å². The van der Waals surface area contributed by atoms with Crippen LogP contribution in [0.15, 0.2) is 60.7 Å². The molecule has 0 aromatic heterocycles. The number of fused-ring (bicyclic) bond motifs is 1. The minimum absolute atomic E-state index is 0.0205. The lowest BCUT2D eigenvalue weighted by atomic mass is 9.90. The Morgan fingerprint density at radius 3 is 2.49 bits per heavy atom. The molecule has 0 saturated heterocycles. The molecule has 0 atom stereocenters. The molecule has 1 fully saturated rings. The number of anilines is 1. The molecule has 8 nitrogen and oxygen atoms in total. The predicted molar refractivity (Wildman–Crippen MR) is 149 cm³/mol. The molecule has 0 unspecified atom stereocenters. The fourth-order valence-electron chi connectivity index (χ4n) is 5.07. The van der Waals surface area contributed by atoms with E-state index in [1.54, 1.807) is 37.4 Å². The summed E-state index contributed by atoms with van der Waals surface area (Å²) in [5.41, 5.74) is 8.93. The van der Waals surface area contributed by atoms with Gasteiger partial charge in [0, 0.05) is 34.9 Å². The molecule has 2 amide bonds. The van der Waals surface area contributed by atoms with Crippen LogP contribution >= 0.6 is 11.6 Å². The number of hydrogen-bond donors (Lipinski definition) is 2. The van der Waals surface area contributed by atoms with Crippen molar-refractivity contribution in [3.8, 4) is 17.2 Å². The summed E-state index contributed by atoms with van der Waals surface area (Å²) in [5, 5.41) is 3.48. The lowest BCUT2D eigenvalue weighted by Crippen LogP contribution is -2.44. The van der Waals surface area contributed by atoms with Gasteiger partial charge in [-0.2, -0.15) is 0 Å². The molecule has 1 saturated carbocycles. The van der Waals surface area contributed by atoms with Gasteiger partial charge in [0.05, 0.1) is 13.5 Å². The molecule has 5 rings (SSSR count). The normalized spacial score (nSPS) is 17.9. The fourth-order valence-corrected chi connectivity index (χ4v) is 5.24. The number of carbonyl (C=O) groups is 2. The Morgan fingerprint density at radius 2 is 1.74 bits per heavy atom. The first-order chi connectivity index (χ1) is 18.9. The molecule has 1 aliphatic carbocycles. The summed E-state index contributed by atoms with van der Waals surface area (Å²) in [5.74, 6) is 1.66. The van der Waals surface area contributed by atoms with Gasteiger partial charge in [0.1, 0.15) is 5.75 Å². The summed E-state index contributed by atoms with van der Waals surface area (Å²) in [4.78, 5) is 28.4. The number of methoxy groups -OCH3 is 1. The van der Waals surface area contributed by atoms with Gasteiger partial charge in [-0.1, -0.05) is 23.7 Å². The highest BCUT2D eigenvalue weighted by Crippen LogP contribution is 2.34. The zero-order valence-electron chi connectivity index (χ0n) is 21.8. The number of amides is 2. The largest absolute Gasteiger partial charge is 0.497 e. The van der Waals surface area contributed by atoms with Crippen molar-refractivity contribution < 1.29 is 23.8 Å². The molecular formula is C30H32ClN3O5.